The molecule has 0 aromatic carbocycles. The van der Waals surface area contributed by atoms with Crippen molar-refractivity contribution in [3.8, 4) is 0 Å². The zero-order valence-corrected chi connectivity index (χ0v) is 16.3. The number of rotatable bonds is 7. The summed E-state index contributed by atoms with van der Waals surface area (Å²) in [6.07, 6.45) is 2.53. The smallest absolute Gasteiger partial charge is 0.333 e. The largest absolute Gasteiger partial charge is 0.463 e. The summed E-state index contributed by atoms with van der Waals surface area (Å²) in [4.78, 5) is 23.5. The van der Waals surface area contributed by atoms with E-state index in [1.54, 1.807) is 13.0 Å². The highest BCUT2D eigenvalue weighted by atomic mass is 127. The fourth-order valence-electron chi connectivity index (χ4n) is 2.65. The van der Waals surface area contributed by atoms with Gasteiger partial charge in [-0.25, -0.2) is 4.79 Å². The standard InChI is InChI=1S/C16H27IN2O4/c1-5-13(9(3)17)23-14-8-11(16(21)22-6-2)7-12(18)15(14)19-10(4)20/h8-9,12-15H,5-7,18H2,1-4H3,(H,19,20). The fraction of sp³-hybridized carbons (Fsp3) is 0.750. The van der Waals surface area contributed by atoms with E-state index in [0.717, 1.165) is 6.42 Å². The van der Waals surface area contributed by atoms with E-state index in [4.69, 9.17) is 15.2 Å². The summed E-state index contributed by atoms with van der Waals surface area (Å²) in [6.45, 7) is 7.65. The molecule has 0 saturated heterocycles. The van der Waals surface area contributed by atoms with Crippen molar-refractivity contribution in [3.63, 3.8) is 0 Å². The van der Waals surface area contributed by atoms with Gasteiger partial charge in [-0.1, -0.05) is 36.4 Å². The van der Waals surface area contributed by atoms with Crippen molar-refractivity contribution >= 4 is 34.5 Å². The number of hydrogen-bond acceptors (Lipinski definition) is 5. The van der Waals surface area contributed by atoms with Gasteiger partial charge in [0.1, 0.15) is 0 Å². The molecular weight excluding hydrogens is 411 g/mol. The summed E-state index contributed by atoms with van der Waals surface area (Å²) in [6, 6.07) is -0.745. The first-order valence-electron chi connectivity index (χ1n) is 8.00. The molecule has 1 rings (SSSR count). The number of halogens is 1. The van der Waals surface area contributed by atoms with Crippen molar-refractivity contribution in [2.45, 2.75) is 68.8 Å². The summed E-state index contributed by atoms with van der Waals surface area (Å²) in [5.41, 5.74) is 6.71. The molecule has 0 fully saturated rings. The molecule has 3 N–H and O–H groups in total. The summed E-state index contributed by atoms with van der Waals surface area (Å²) in [5.74, 6) is -0.531. The first-order chi connectivity index (χ1) is 10.8. The Morgan fingerprint density at radius 2 is 2.13 bits per heavy atom. The van der Waals surface area contributed by atoms with Crippen LogP contribution in [0.1, 0.15) is 40.5 Å². The van der Waals surface area contributed by atoms with E-state index in [1.165, 1.54) is 6.92 Å². The van der Waals surface area contributed by atoms with Gasteiger partial charge in [-0.3, -0.25) is 4.79 Å². The lowest BCUT2D eigenvalue weighted by Gasteiger charge is -2.37. The Balaban J connectivity index is 3.03. The van der Waals surface area contributed by atoms with Crippen LogP contribution in [0.2, 0.25) is 0 Å². The van der Waals surface area contributed by atoms with E-state index in [9.17, 15) is 9.59 Å². The maximum atomic E-state index is 12.0. The van der Waals surface area contributed by atoms with Crippen LogP contribution in [-0.4, -0.2) is 46.7 Å². The molecule has 1 amide bonds. The third-order valence-electron chi connectivity index (χ3n) is 3.79. The van der Waals surface area contributed by atoms with Crippen LogP contribution in [0.5, 0.6) is 0 Å². The van der Waals surface area contributed by atoms with Gasteiger partial charge in [-0.05, 0) is 25.8 Å². The molecule has 0 aromatic heterocycles. The predicted molar refractivity (Wildman–Crippen MR) is 97.3 cm³/mol. The van der Waals surface area contributed by atoms with Crippen LogP contribution >= 0.6 is 22.6 Å². The maximum Gasteiger partial charge on any atom is 0.333 e. The highest BCUT2D eigenvalue weighted by molar-refractivity contribution is 14.1. The molecule has 23 heavy (non-hydrogen) atoms. The molecule has 7 heteroatoms. The molecule has 0 aliphatic heterocycles. The Labute approximate surface area is 151 Å². The van der Waals surface area contributed by atoms with Gasteiger partial charge < -0.3 is 20.5 Å². The molecule has 0 radical (unpaired) electrons. The van der Waals surface area contributed by atoms with Crippen LogP contribution in [0.3, 0.4) is 0 Å². The van der Waals surface area contributed by atoms with E-state index in [2.05, 4.69) is 34.8 Å². The normalized spacial score (nSPS) is 26.9. The summed E-state index contributed by atoms with van der Waals surface area (Å²) < 4.78 is 11.5. The van der Waals surface area contributed by atoms with Crippen molar-refractivity contribution in [2.75, 3.05) is 6.61 Å². The number of esters is 1. The third kappa shape index (κ3) is 6.04. The van der Waals surface area contributed by atoms with Crippen LogP contribution in [0.4, 0.5) is 0 Å². The van der Waals surface area contributed by atoms with Crippen LogP contribution in [0, 0.1) is 0 Å². The number of hydrogen-bond donors (Lipinski definition) is 2. The number of amides is 1. The van der Waals surface area contributed by atoms with Gasteiger partial charge in [0.25, 0.3) is 0 Å². The lowest BCUT2D eigenvalue weighted by Crippen LogP contribution is -2.57. The summed E-state index contributed by atoms with van der Waals surface area (Å²) >= 11 is 2.31. The van der Waals surface area contributed by atoms with Gasteiger partial charge in [0, 0.05) is 22.5 Å². The lowest BCUT2D eigenvalue weighted by atomic mass is 9.88. The number of carbonyl (C=O) groups excluding carboxylic acids is 2. The quantitative estimate of drug-likeness (QED) is 0.359. The minimum Gasteiger partial charge on any atom is -0.463 e. The number of alkyl halides is 1. The first kappa shape index (κ1) is 20.4. The lowest BCUT2D eigenvalue weighted by molar-refractivity contribution is -0.139. The zero-order chi connectivity index (χ0) is 17.6. The second kappa shape index (κ2) is 9.58. The molecule has 0 heterocycles. The second-order valence-corrected chi connectivity index (χ2v) is 7.70. The SMILES string of the molecule is CCOC(=O)C1=CC(OC(CC)C(C)I)C(NC(C)=O)C(N)C1. The van der Waals surface area contributed by atoms with Gasteiger partial charge in [-0.2, -0.15) is 0 Å². The molecular formula is C16H27IN2O4. The Bertz CT molecular complexity index is 453. The fourth-order valence-corrected chi connectivity index (χ4v) is 3.33. The molecule has 1 aliphatic rings. The molecule has 1 aliphatic carbocycles. The average Bonchev–Trinajstić information content (AvgIpc) is 2.46. The van der Waals surface area contributed by atoms with Crippen LogP contribution in [0.25, 0.3) is 0 Å². The number of ether oxygens (including phenoxy) is 2. The first-order valence-corrected chi connectivity index (χ1v) is 9.24. The van der Waals surface area contributed by atoms with Crippen molar-refractivity contribution in [3.05, 3.63) is 11.6 Å². The van der Waals surface area contributed by atoms with Gasteiger partial charge >= 0.3 is 5.97 Å². The van der Waals surface area contributed by atoms with E-state index in [-0.39, 0.29) is 24.0 Å². The Hall–Kier alpha value is -0.670. The van der Waals surface area contributed by atoms with Crippen molar-refractivity contribution in [2.24, 2.45) is 5.73 Å². The predicted octanol–water partition coefficient (Wildman–Crippen LogP) is 1.70. The van der Waals surface area contributed by atoms with Crippen molar-refractivity contribution < 1.29 is 19.1 Å². The van der Waals surface area contributed by atoms with Crippen LogP contribution < -0.4 is 11.1 Å². The van der Waals surface area contributed by atoms with Crippen LogP contribution in [-0.2, 0) is 19.1 Å². The highest BCUT2D eigenvalue weighted by Gasteiger charge is 2.36. The Kier molecular flexibility index (Phi) is 8.49. The van der Waals surface area contributed by atoms with E-state index < -0.39 is 12.1 Å². The van der Waals surface area contributed by atoms with Crippen molar-refractivity contribution in [1.82, 2.24) is 5.32 Å². The molecule has 0 spiro atoms. The minimum absolute atomic E-state index is 0.0156. The number of nitrogens with two attached hydrogens (primary N) is 1. The number of nitrogens with one attached hydrogen (secondary N) is 1. The molecule has 5 atom stereocenters. The molecule has 6 nitrogen and oxygen atoms in total. The minimum atomic E-state index is -0.441. The van der Waals surface area contributed by atoms with E-state index in [1.807, 2.05) is 6.92 Å². The highest BCUT2D eigenvalue weighted by Crippen LogP contribution is 2.25. The molecule has 132 valence electrons. The Morgan fingerprint density at radius 3 is 2.61 bits per heavy atom. The third-order valence-corrected chi connectivity index (χ3v) is 4.59. The van der Waals surface area contributed by atoms with Gasteiger partial charge in [0.05, 0.1) is 24.9 Å². The maximum absolute atomic E-state index is 12.0. The van der Waals surface area contributed by atoms with Crippen molar-refractivity contribution in [1.29, 1.82) is 0 Å². The number of carbonyl (C=O) groups is 2. The monoisotopic (exact) mass is 438 g/mol. The second-order valence-electron chi connectivity index (χ2n) is 5.73. The van der Waals surface area contributed by atoms with E-state index in [0.29, 0.717) is 22.5 Å². The van der Waals surface area contributed by atoms with Gasteiger partial charge in [-0.15, -0.1) is 0 Å². The molecule has 0 saturated carbocycles. The summed E-state index contributed by atoms with van der Waals surface area (Å²) in [5, 5.41) is 2.85. The topological polar surface area (TPSA) is 90.6 Å². The summed E-state index contributed by atoms with van der Waals surface area (Å²) in [7, 11) is 0. The molecule has 0 aromatic rings. The van der Waals surface area contributed by atoms with Gasteiger partial charge in [0.2, 0.25) is 5.91 Å². The van der Waals surface area contributed by atoms with E-state index >= 15 is 0 Å². The Morgan fingerprint density at radius 1 is 1.48 bits per heavy atom. The zero-order valence-electron chi connectivity index (χ0n) is 14.2. The molecule has 0 bridgehead atoms. The molecule has 5 unspecified atom stereocenters. The van der Waals surface area contributed by atoms with Crippen LogP contribution in [0.15, 0.2) is 11.6 Å². The average molecular weight is 438 g/mol. The van der Waals surface area contributed by atoms with Gasteiger partial charge in [0.15, 0.2) is 0 Å².